The number of hydrogen-bond acceptors (Lipinski definition) is 7. The van der Waals surface area contributed by atoms with Crippen molar-refractivity contribution in [1.82, 2.24) is 19.0 Å². The van der Waals surface area contributed by atoms with Crippen LogP contribution in [-0.4, -0.2) is 72.1 Å². The fourth-order valence-corrected chi connectivity index (χ4v) is 6.44. The fourth-order valence-electron chi connectivity index (χ4n) is 4.99. The molecule has 2 amide bonds. The van der Waals surface area contributed by atoms with Crippen molar-refractivity contribution in [2.45, 2.75) is 25.7 Å². The van der Waals surface area contributed by atoms with E-state index >= 15 is 0 Å². The van der Waals surface area contributed by atoms with E-state index in [0.717, 1.165) is 10.6 Å². The molecule has 2 aromatic carbocycles. The van der Waals surface area contributed by atoms with Gasteiger partial charge in [0.25, 0.3) is 11.8 Å². The first-order valence-electron chi connectivity index (χ1n) is 13.6. The molecule has 0 N–H and O–H groups in total. The summed E-state index contributed by atoms with van der Waals surface area (Å²) in [6.45, 7) is 6.75. The zero-order chi connectivity index (χ0) is 30.0. The van der Waals surface area contributed by atoms with Crippen molar-refractivity contribution in [1.29, 1.82) is 5.26 Å². The van der Waals surface area contributed by atoms with Gasteiger partial charge in [0.2, 0.25) is 10.0 Å². The van der Waals surface area contributed by atoms with Crippen LogP contribution < -0.4 is 0 Å². The molecule has 0 unspecified atom stereocenters. The molecule has 3 aromatic rings. The monoisotopic (exact) mass is 585 g/mol. The van der Waals surface area contributed by atoms with E-state index in [-0.39, 0.29) is 47.2 Å². The zero-order valence-electron chi connectivity index (χ0n) is 23.6. The molecule has 0 aliphatic carbocycles. The zero-order valence-corrected chi connectivity index (χ0v) is 24.5. The van der Waals surface area contributed by atoms with Crippen LogP contribution in [0.5, 0.6) is 0 Å². The summed E-state index contributed by atoms with van der Waals surface area (Å²) in [4.78, 5) is 27.8. The molecule has 0 saturated carbocycles. The van der Waals surface area contributed by atoms with Gasteiger partial charge in [-0.05, 0) is 48.8 Å². The van der Waals surface area contributed by atoms with Gasteiger partial charge in [-0.2, -0.15) is 14.7 Å². The number of para-hydroxylation sites is 1. The summed E-state index contributed by atoms with van der Waals surface area (Å²) in [5.74, 6) is -1.09. The number of carbonyl (C=O) groups is 2. The summed E-state index contributed by atoms with van der Waals surface area (Å²) < 4.78 is 35.2. The quantitative estimate of drug-likeness (QED) is 0.305. The first-order chi connectivity index (χ1) is 20.1. The summed E-state index contributed by atoms with van der Waals surface area (Å²) in [6.07, 6.45) is 3.37. The average Bonchev–Trinajstić information content (AvgIpc) is 3.43. The van der Waals surface area contributed by atoms with Gasteiger partial charge >= 0.3 is 0 Å². The number of benzene rings is 2. The number of nitriles is 1. The van der Waals surface area contributed by atoms with Crippen molar-refractivity contribution >= 4 is 27.9 Å². The van der Waals surface area contributed by atoms with Crippen molar-refractivity contribution in [3.05, 3.63) is 83.1 Å². The van der Waals surface area contributed by atoms with Crippen LogP contribution in [0.1, 0.15) is 26.3 Å². The minimum atomic E-state index is -3.77. The van der Waals surface area contributed by atoms with E-state index < -0.39 is 21.8 Å². The Bertz CT molecular complexity index is 1740. The first kappa shape index (κ1) is 29.1. The van der Waals surface area contributed by atoms with E-state index in [0.29, 0.717) is 30.0 Å². The molecule has 2 aliphatic rings. The van der Waals surface area contributed by atoms with Gasteiger partial charge in [0, 0.05) is 42.5 Å². The number of ether oxygens (including phenoxy) is 1. The van der Waals surface area contributed by atoms with Gasteiger partial charge in [-0.15, -0.1) is 0 Å². The molecule has 0 spiro atoms. The molecular weight excluding hydrogens is 554 g/mol. The van der Waals surface area contributed by atoms with Gasteiger partial charge in [0.15, 0.2) is 0 Å². The normalized spacial score (nSPS) is 17.8. The SMILES string of the molecule is CC1=C(C#N)C(=O)N(CC(C)C)C(=O)/C1=C/c1cn(-c2ccccc2)nc1-c1cccc(S(=O)(=O)N2CCOCC2)c1. The third kappa shape index (κ3) is 5.56. The number of morpholine rings is 1. The second kappa shape index (κ2) is 11.9. The number of carbonyl (C=O) groups excluding carboxylic acids is 2. The summed E-state index contributed by atoms with van der Waals surface area (Å²) in [5.41, 5.74) is 2.67. The Kier molecular flexibility index (Phi) is 8.22. The molecule has 1 aromatic heterocycles. The molecule has 0 bridgehead atoms. The molecule has 0 atom stereocenters. The molecular formula is C31H31N5O5S. The molecule has 1 saturated heterocycles. The lowest BCUT2D eigenvalue weighted by atomic mass is 9.92. The van der Waals surface area contributed by atoms with Crippen LogP contribution >= 0.6 is 0 Å². The molecule has 42 heavy (non-hydrogen) atoms. The lowest BCUT2D eigenvalue weighted by Crippen LogP contribution is -2.44. The first-order valence-corrected chi connectivity index (χ1v) is 15.1. The third-order valence-electron chi connectivity index (χ3n) is 7.15. The van der Waals surface area contributed by atoms with E-state index in [1.807, 2.05) is 50.2 Å². The second-order valence-corrected chi connectivity index (χ2v) is 12.5. The minimum absolute atomic E-state index is 0.00467. The number of rotatable bonds is 7. The minimum Gasteiger partial charge on any atom is -0.379 e. The molecule has 0 radical (unpaired) electrons. The molecule has 2 aliphatic heterocycles. The lowest BCUT2D eigenvalue weighted by Gasteiger charge is -2.28. The average molecular weight is 586 g/mol. The summed E-state index contributed by atoms with van der Waals surface area (Å²) in [7, 11) is -3.77. The van der Waals surface area contributed by atoms with E-state index in [1.165, 1.54) is 4.31 Å². The van der Waals surface area contributed by atoms with Crippen LogP contribution in [0.15, 0.2) is 82.4 Å². The number of aromatic nitrogens is 2. The van der Waals surface area contributed by atoms with E-state index in [9.17, 15) is 23.3 Å². The Morgan fingerprint density at radius 1 is 1.05 bits per heavy atom. The van der Waals surface area contributed by atoms with E-state index in [4.69, 9.17) is 9.84 Å². The Labute approximate surface area is 245 Å². The third-order valence-corrected chi connectivity index (χ3v) is 9.05. The number of sulfonamides is 1. The van der Waals surface area contributed by atoms with Gasteiger partial charge < -0.3 is 4.74 Å². The van der Waals surface area contributed by atoms with Crippen LogP contribution in [0.3, 0.4) is 0 Å². The summed E-state index contributed by atoms with van der Waals surface area (Å²) in [5, 5.41) is 14.6. The molecule has 11 heteroatoms. The van der Waals surface area contributed by atoms with Crippen LogP contribution in [0.25, 0.3) is 23.0 Å². The van der Waals surface area contributed by atoms with Crippen LogP contribution in [-0.2, 0) is 24.3 Å². The molecule has 5 rings (SSSR count). The van der Waals surface area contributed by atoms with Crippen molar-refractivity contribution in [3.8, 4) is 23.0 Å². The largest absolute Gasteiger partial charge is 0.379 e. The molecule has 216 valence electrons. The smallest absolute Gasteiger partial charge is 0.271 e. The standard InChI is InChI=1S/C31H31N5O5S/c1-21(2)19-35-30(37)27(22(3)28(18-32)31(35)38)17-24-20-36(25-9-5-4-6-10-25)33-29(24)23-8-7-11-26(16-23)42(39,40)34-12-14-41-15-13-34/h4-11,16-17,20-21H,12-15,19H2,1-3H3/b27-17+. The van der Waals surface area contributed by atoms with E-state index in [1.54, 1.807) is 48.1 Å². The Morgan fingerprint density at radius 2 is 1.76 bits per heavy atom. The van der Waals surface area contributed by atoms with Crippen molar-refractivity contribution < 1.29 is 22.7 Å². The Hall–Kier alpha value is -4.37. The van der Waals surface area contributed by atoms with Crippen molar-refractivity contribution in [3.63, 3.8) is 0 Å². The predicted molar refractivity (Wildman–Crippen MR) is 156 cm³/mol. The lowest BCUT2D eigenvalue weighted by molar-refractivity contribution is -0.141. The van der Waals surface area contributed by atoms with Gasteiger partial charge in [-0.3, -0.25) is 14.5 Å². The number of amides is 2. The number of hydrogen-bond donors (Lipinski definition) is 0. The topological polar surface area (TPSA) is 126 Å². The maximum Gasteiger partial charge on any atom is 0.271 e. The number of nitrogens with zero attached hydrogens (tertiary/aromatic N) is 5. The van der Waals surface area contributed by atoms with Crippen LogP contribution in [0.2, 0.25) is 0 Å². The van der Waals surface area contributed by atoms with Gasteiger partial charge in [0.1, 0.15) is 17.3 Å². The fraction of sp³-hybridized carbons (Fsp3) is 0.290. The van der Waals surface area contributed by atoms with Crippen molar-refractivity contribution in [2.24, 2.45) is 5.92 Å². The Morgan fingerprint density at radius 3 is 2.43 bits per heavy atom. The predicted octanol–water partition coefficient (Wildman–Crippen LogP) is 3.81. The highest BCUT2D eigenvalue weighted by atomic mass is 32.2. The van der Waals surface area contributed by atoms with E-state index in [2.05, 4.69) is 0 Å². The summed E-state index contributed by atoms with van der Waals surface area (Å²) >= 11 is 0. The highest BCUT2D eigenvalue weighted by Gasteiger charge is 2.36. The molecule has 3 heterocycles. The van der Waals surface area contributed by atoms with Crippen LogP contribution in [0.4, 0.5) is 0 Å². The highest BCUT2D eigenvalue weighted by Crippen LogP contribution is 2.32. The summed E-state index contributed by atoms with van der Waals surface area (Å²) in [6, 6.07) is 17.9. The highest BCUT2D eigenvalue weighted by molar-refractivity contribution is 7.89. The van der Waals surface area contributed by atoms with Gasteiger partial charge in [-0.25, -0.2) is 13.1 Å². The second-order valence-electron chi connectivity index (χ2n) is 10.5. The van der Waals surface area contributed by atoms with Gasteiger partial charge in [-0.1, -0.05) is 44.2 Å². The maximum absolute atomic E-state index is 13.6. The Balaban J connectivity index is 1.67. The number of imide groups is 1. The van der Waals surface area contributed by atoms with Crippen LogP contribution in [0, 0.1) is 17.2 Å². The molecule has 10 nitrogen and oxygen atoms in total. The van der Waals surface area contributed by atoms with Gasteiger partial charge in [0.05, 0.1) is 23.8 Å². The van der Waals surface area contributed by atoms with Crippen molar-refractivity contribution in [2.75, 3.05) is 32.8 Å². The molecule has 1 fully saturated rings. The maximum atomic E-state index is 13.6.